The fraction of sp³-hybridized carbons (Fsp3) is 1.00. The molecule has 0 saturated carbocycles. The van der Waals surface area contributed by atoms with Gasteiger partial charge in [0.2, 0.25) is 0 Å². The van der Waals surface area contributed by atoms with Crippen molar-refractivity contribution in [3.63, 3.8) is 0 Å². The van der Waals surface area contributed by atoms with Gasteiger partial charge in [0.25, 0.3) is 0 Å². The number of hydrogen-bond donors (Lipinski definition) is 1. The fourth-order valence-corrected chi connectivity index (χ4v) is 1.44. The van der Waals surface area contributed by atoms with E-state index < -0.39 is 11.7 Å². The lowest BCUT2D eigenvalue weighted by Crippen LogP contribution is -2.54. The van der Waals surface area contributed by atoms with E-state index in [-0.39, 0.29) is 12.8 Å². The van der Waals surface area contributed by atoms with Gasteiger partial charge in [-0.1, -0.05) is 26.7 Å². The van der Waals surface area contributed by atoms with Crippen molar-refractivity contribution < 1.29 is 13.2 Å². The van der Waals surface area contributed by atoms with E-state index in [4.69, 9.17) is 0 Å². The maximum atomic E-state index is 12.6. The molecule has 0 aliphatic carbocycles. The molecule has 0 bridgehead atoms. The van der Waals surface area contributed by atoms with Crippen LogP contribution in [0.5, 0.6) is 0 Å². The number of unbranched alkanes of at least 4 members (excludes halogenated alkanes) is 1. The second kappa shape index (κ2) is 4.84. The topological polar surface area (TPSA) is 12.0 Å². The van der Waals surface area contributed by atoms with E-state index >= 15 is 0 Å². The average molecular weight is 197 g/mol. The molecule has 0 heterocycles. The molecule has 0 spiro atoms. The van der Waals surface area contributed by atoms with Gasteiger partial charge < -0.3 is 5.32 Å². The Morgan fingerprint density at radius 3 is 1.92 bits per heavy atom. The third kappa shape index (κ3) is 2.86. The van der Waals surface area contributed by atoms with Crippen molar-refractivity contribution >= 4 is 0 Å². The SMILES string of the molecule is CCCCC(CC)(NC)C(F)(F)F. The Balaban J connectivity index is 4.50. The first-order valence-corrected chi connectivity index (χ1v) is 4.69. The first kappa shape index (κ1) is 12.8. The maximum absolute atomic E-state index is 12.6. The van der Waals surface area contributed by atoms with Crippen molar-refractivity contribution in [2.45, 2.75) is 51.2 Å². The summed E-state index contributed by atoms with van der Waals surface area (Å²) in [5.41, 5.74) is -1.68. The molecular weight excluding hydrogens is 179 g/mol. The summed E-state index contributed by atoms with van der Waals surface area (Å²) in [6.45, 7) is 3.46. The minimum Gasteiger partial charge on any atom is -0.307 e. The Morgan fingerprint density at radius 1 is 1.15 bits per heavy atom. The number of alkyl halides is 3. The zero-order chi connectivity index (χ0) is 10.5. The molecule has 0 aromatic rings. The van der Waals surface area contributed by atoms with Crippen LogP contribution in [0.25, 0.3) is 0 Å². The van der Waals surface area contributed by atoms with Crippen LogP contribution in [-0.4, -0.2) is 18.8 Å². The Kier molecular flexibility index (Phi) is 4.75. The highest BCUT2D eigenvalue weighted by Gasteiger charge is 2.51. The molecule has 1 atom stereocenters. The molecule has 0 aromatic carbocycles. The van der Waals surface area contributed by atoms with Crippen molar-refractivity contribution in [3.05, 3.63) is 0 Å². The highest BCUT2D eigenvalue weighted by Crippen LogP contribution is 2.36. The average Bonchev–Trinajstić information content (AvgIpc) is 2.05. The van der Waals surface area contributed by atoms with Crippen molar-refractivity contribution in [1.29, 1.82) is 0 Å². The summed E-state index contributed by atoms with van der Waals surface area (Å²) in [6.07, 6.45) is -2.49. The monoisotopic (exact) mass is 197 g/mol. The van der Waals surface area contributed by atoms with E-state index in [0.717, 1.165) is 6.42 Å². The number of hydrogen-bond acceptors (Lipinski definition) is 1. The molecule has 0 amide bonds. The van der Waals surface area contributed by atoms with Gasteiger partial charge in [-0.05, 0) is 19.9 Å². The van der Waals surface area contributed by atoms with E-state index in [0.29, 0.717) is 6.42 Å². The third-order valence-electron chi connectivity index (χ3n) is 2.58. The second-order valence-electron chi connectivity index (χ2n) is 3.29. The van der Waals surface area contributed by atoms with Crippen molar-refractivity contribution in [2.24, 2.45) is 0 Å². The molecule has 0 aliphatic rings. The molecule has 1 unspecified atom stereocenters. The summed E-state index contributed by atoms with van der Waals surface area (Å²) in [5, 5.41) is 2.42. The summed E-state index contributed by atoms with van der Waals surface area (Å²) in [4.78, 5) is 0. The van der Waals surface area contributed by atoms with Crippen LogP contribution in [0, 0.1) is 0 Å². The quantitative estimate of drug-likeness (QED) is 0.714. The van der Waals surface area contributed by atoms with E-state index in [2.05, 4.69) is 5.32 Å². The van der Waals surface area contributed by atoms with E-state index in [1.807, 2.05) is 6.92 Å². The van der Waals surface area contributed by atoms with Crippen LogP contribution in [0.3, 0.4) is 0 Å². The van der Waals surface area contributed by atoms with Gasteiger partial charge in [0, 0.05) is 0 Å². The Morgan fingerprint density at radius 2 is 1.69 bits per heavy atom. The van der Waals surface area contributed by atoms with Crippen molar-refractivity contribution in [2.75, 3.05) is 7.05 Å². The molecule has 80 valence electrons. The standard InChI is InChI=1S/C9H18F3N/c1-4-6-7-8(5-2,13-3)9(10,11)12/h13H,4-7H2,1-3H3. The molecule has 0 aromatic heterocycles. The third-order valence-corrected chi connectivity index (χ3v) is 2.58. The molecule has 0 saturated heterocycles. The van der Waals surface area contributed by atoms with Gasteiger partial charge in [-0.3, -0.25) is 0 Å². The summed E-state index contributed by atoms with van der Waals surface area (Å²) < 4.78 is 37.9. The maximum Gasteiger partial charge on any atom is 0.406 e. The van der Waals surface area contributed by atoms with Crippen LogP contribution < -0.4 is 5.32 Å². The normalized spacial score (nSPS) is 17.1. The highest BCUT2D eigenvalue weighted by molar-refractivity contribution is 4.92. The first-order valence-electron chi connectivity index (χ1n) is 4.69. The highest BCUT2D eigenvalue weighted by atomic mass is 19.4. The Labute approximate surface area is 77.7 Å². The van der Waals surface area contributed by atoms with Gasteiger partial charge in [-0.2, -0.15) is 13.2 Å². The lowest BCUT2D eigenvalue weighted by molar-refractivity contribution is -0.198. The van der Waals surface area contributed by atoms with Crippen LogP contribution in [0.2, 0.25) is 0 Å². The van der Waals surface area contributed by atoms with Gasteiger partial charge in [-0.15, -0.1) is 0 Å². The molecule has 0 radical (unpaired) electrons. The van der Waals surface area contributed by atoms with Gasteiger partial charge in [0.15, 0.2) is 0 Å². The minimum absolute atomic E-state index is 0.0903. The lowest BCUT2D eigenvalue weighted by Gasteiger charge is -2.34. The molecule has 1 nitrogen and oxygen atoms in total. The number of nitrogens with one attached hydrogen (secondary N) is 1. The van der Waals surface area contributed by atoms with E-state index in [9.17, 15) is 13.2 Å². The van der Waals surface area contributed by atoms with Crippen LogP contribution in [0.1, 0.15) is 39.5 Å². The van der Waals surface area contributed by atoms with Crippen LogP contribution in [0.15, 0.2) is 0 Å². The molecule has 0 fully saturated rings. The summed E-state index contributed by atoms with van der Waals surface area (Å²) in [7, 11) is 1.38. The minimum atomic E-state index is -4.15. The van der Waals surface area contributed by atoms with Crippen molar-refractivity contribution in [1.82, 2.24) is 5.32 Å². The van der Waals surface area contributed by atoms with Gasteiger partial charge in [-0.25, -0.2) is 0 Å². The van der Waals surface area contributed by atoms with Crippen LogP contribution in [-0.2, 0) is 0 Å². The number of rotatable bonds is 5. The van der Waals surface area contributed by atoms with Gasteiger partial charge >= 0.3 is 6.18 Å². The largest absolute Gasteiger partial charge is 0.406 e. The number of halogens is 3. The molecule has 0 rings (SSSR count). The predicted molar refractivity (Wildman–Crippen MR) is 47.7 cm³/mol. The molecule has 4 heteroatoms. The first-order chi connectivity index (χ1) is 5.93. The summed E-state index contributed by atoms with van der Waals surface area (Å²) in [6, 6.07) is 0. The second-order valence-corrected chi connectivity index (χ2v) is 3.29. The summed E-state index contributed by atoms with van der Waals surface area (Å²) in [5.74, 6) is 0. The zero-order valence-corrected chi connectivity index (χ0v) is 8.46. The Bertz CT molecular complexity index is 138. The van der Waals surface area contributed by atoms with E-state index in [1.54, 1.807) is 6.92 Å². The zero-order valence-electron chi connectivity index (χ0n) is 8.46. The summed E-state index contributed by atoms with van der Waals surface area (Å²) >= 11 is 0. The Hall–Kier alpha value is -0.250. The van der Waals surface area contributed by atoms with Crippen LogP contribution >= 0.6 is 0 Å². The molecule has 0 aliphatic heterocycles. The molecule has 13 heavy (non-hydrogen) atoms. The lowest BCUT2D eigenvalue weighted by atomic mass is 9.89. The smallest absolute Gasteiger partial charge is 0.307 e. The fourth-order valence-electron chi connectivity index (χ4n) is 1.44. The molecular formula is C9H18F3N. The van der Waals surface area contributed by atoms with Crippen molar-refractivity contribution in [3.8, 4) is 0 Å². The van der Waals surface area contributed by atoms with E-state index in [1.165, 1.54) is 7.05 Å². The van der Waals surface area contributed by atoms with Gasteiger partial charge in [0.05, 0.1) is 0 Å². The van der Waals surface area contributed by atoms with Gasteiger partial charge in [0.1, 0.15) is 5.54 Å². The molecule has 1 N–H and O–H groups in total. The predicted octanol–water partition coefficient (Wildman–Crippen LogP) is 3.11. The van der Waals surface area contributed by atoms with Crippen LogP contribution in [0.4, 0.5) is 13.2 Å².